The predicted octanol–water partition coefficient (Wildman–Crippen LogP) is 2.35. The first-order valence-corrected chi connectivity index (χ1v) is 10.9. The van der Waals surface area contributed by atoms with Crippen LogP contribution in [0.3, 0.4) is 0 Å². The Morgan fingerprint density at radius 1 is 0.320 bits per heavy atom. The zero-order valence-corrected chi connectivity index (χ0v) is 16.8. The standard InChI is InChI=1S/C20H47N5/c21-13-5-11-19-24-17-9-3-1-7-15-23-16-8-2-4-10-18-25-20-12-6-14-22/h23-25H,1-22H2. The smallest absolute Gasteiger partial charge is 0.00484 e. The molecule has 25 heavy (non-hydrogen) atoms. The number of rotatable bonds is 22. The van der Waals surface area contributed by atoms with Gasteiger partial charge in [-0.05, 0) is 104 Å². The molecule has 0 aromatic heterocycles. The molecule has 0 aliphatic rings. The van der Waals surface area contributed by atoms with Gasteiger partial charge in [-0.3, -0.25) is 0 Å². The molecule has 0 fully saturated rings. The molecular formula is C20H47N5. The second-order valence-corrected chi connectivity index (χ2v) is 7.07. The van der Waals surface area contributed by atoms with Crippen molar-refractivity contribution in [1.29, 1.82) is 0 Å². The Morgan fingerprint density at radius 2 is 0.560 bits per heavy atom. The monoisotopic (exact) mass is 357 g/mol. The molecule has 7 N–H and O–H groups in total. The Kier molecular flexibility index (Phi) is 23.6. The minimum Gasteiger partial charge on any atom is -0.330 e. The topological polar surface area (TPSA) is 88.1 Å². The fraction of sp³-hybridized carbons (Fsp3) is 1.00. The van der Waals surface area contributed by atoms with Crippen LogP contribution in [0.2, 0.25) is 0 Å². The van der Waals surface area contributed by atoms with E-state index >= 15 is 0 Å². The van der Waals surface area contributed by atoms with Crippen molar-refractivity contribution in [1.82, 2.24) is 16.0 Å². The molecule has 152 valence electrons. The lowest BCUT2D eigenvalue weighted by atomic mass is 10.1. The molecule has 0 saturated heterocycles. The zero-order chi connectivity index (χ0) is 18.3. The van der Waals surface area contributed by atoms with E-state index in [1.165, 1.54) is 90.4 Å². The van der Waals surface area contributed by atoms with Crippen LogP contribution in [0, 0.1) is 0 Å². The summed E-state index contributed by atoms with van der Waals surface area (Å²) in [6, 6.07) is 0. The van der Waals surface area contributed by atoms with Crippen molar-refractivity contribution in [2.24, 2.45) is 11.5 Å². The van der Waals surface area contributed by atoms with E-state index in [4.69, 9.17) is 11.5 Å². The summed E-state index contributed by atoms with van der Waals surface area (Å²) in [5.74, 6) is 0. The summed E-state index contributed by atoms with van der Waals surface area (Å²) in [6.07, 6.45) is 15.4. The minimum atomic E-state index is 0.821. The highest BCUT2D eigenvalue weighted by atomic mass is 14.9. The van der Waals surface area contributed by atoms with Gasteiger partial charge in [-0.15, -0.1) is 0 Å². The molecule has 0 bridgehead atoms. The number of unbranched alkanes of at least 4 members (excludes halogenated alkanes) is 8. The second-order valence-electron chi connectivity index (χ2n) is 7.07. The molecule has 0 spiro atoms. The first-order valence-electron chi connectivity index (χ1n) is 10.9. The molecule has 0 heterocycles. The normalized spacial score (nSPS) is 11.3. The minimum absolute atomic E-state index is 0.821. The third-order valence-corrected chi connectivity index (χ3v) is 4.53. The van der Waals surface area contributed by atoms with Gasteiger partial charge in [0.25, 0.3) is 0 Å². The van der Waals surface area contributed by atoms with Crippen LogP contribution in [-0.2, 0) is 0 Å². The van der Waals surface area contributed by atoms with Gasteiger partial charge in [-0.25, -0.2) is 0 Å². The van der Waals surface area contributed by atoms with Crippen LogP contribution in [0.15, 0.2) is 0 Å². The van der Waals surface area contributed by atoms with Crippen LogP contribution < -0.4 is 27.4 Å². The van der Waals surface area contributed by atoms with E-state index in [2.05, 4.69) is 16.0 Å². The molecule has 5 heteroatoms. The largest absolute Gasteiger partial charge is 0.330 e. The zero-order valence-electron chi connectivity index (χ0n) is 16.8. The maximum Gasteiger partial charge on any atom is -0.00484 e. The Balaban J connectivity index is 2.94. The molecule has 0 rings (SSSR count). The molecule has 5 nitrogen and oxygen atoms in total. The average molecular weight is 358 g/mol. The van der Waals surface area contributed by atoms with E-state index in [1.807, 2.05) is 0 Å². The molecule has 0 aliphatic heterocycles. The Bertz CT molecular complexity index is 204. The fourth-order valence-electron chi connectivity index (χ4n) is 2.87. The van der Waals surface area contributed by atoms with E-state index in [-0.39, 0.29) is 0 Å². The predicted molar refractivity (Wildman–Crippen MR) is 112 cm³/mol. The van der Waals surface area contributed by atoms with Crippen LogP contribution in [0.1, 0.15) is 77.0 Å². The molecule has 0 atom stereocenters. The van der Waals surface area contributed by atoms with Crippen molar-refractivity contribution in [3.8, 4) is 0 Å². The summed E-state index contributed by atoms with van der Waals surface area (Å²) in [5, 5.41) is 10.6. The third kappa shape index (κ3) is 23.8. The van der Waals surface area contributed by atoms with Gasteiger partial charge in [0.15, 0.2) is 0 Å². The van der Waals surface area contributed by atoms with Crippen molar-refractivity contribution in [3.05, 3.63) is 0 Å². The van der Waals surface area contributed by atoms with E-state index in [0.29, 0.717) is 0 Å². The highest BCUT2D eigenvalue weighted by molar-refractivity contribution is 4.54. The number of nitrogens with two attached hydrogens (primary N) is 2. The first kappa shape index (κ1) is 24.8. The molecular weight excluding hydrogens is 310 g/mol. The van der Waals surface area contributed by atoms with Gasteiger partial charge in [0, 0.05) is 0 Å². The number of hydrogen-bond acceptors (Lipinski definition) is 5. The Hall–Kier alpha value is -0.200. The summed E-state index contributed by atoms with van der Waals surface area (Å²) < 4.78 is 0. The molecule has 0 amide bonds. The maximum atomic E-state index is 5.47. The molecule has 0 saturated carbocycles. The Labute approximate surface area is 157 Å². The SMILES string of the molecule is NCCCCNCCCCCCNCCCCCCNCCCCN. The highest BCUT2D eigenvalue weighted by Gasteiger charge is 1.93. The summed E-state index contributed by atoms with van der Waals surface area (Å²) in [5.41, 5.74) is 10.9. The van der Waals surface area contributed by atoms with Crippen molar-refractivity contribution in [3.63, 3.8) is 0 Å². The van der Waals surface area contributed by atoms with Crippen molar-refractivity contribution in [2.45, 2.75) is 77.0 Å². The van der Waals surface area contributed by atoms with Gasteiger partial charge in [-0.1, -0.05) is 25.7 Å². The van der Waals surface area contributed by atoms with E-state index < -0.39 is 0 Å². The molecule has 0 aromatic carbocycles. The van der Waals surface area contributed by atoms with Crippen LogP contribution in [-0.4, -0.2) is 52.4 Å². The lowest BCUT2D eigenvalue weighted by molar-refractivity contribution is 0.533. The number of hydrogen-bond donors (Lipinski definition) is 5. The van der Waals surface area contributed by atoms with Crippen LogP contribution >= 0.6 is 0 Å². The average Bonchev–Trinajstić information content (AvgIpc) is 2.63. The summed E-state index contributed by atoms with van der Waals surface area (Å²) in [6.45, 7) is 8.61. The number of nitrogens with one attached hydrogen (secondary N) is 3. The fourth-order valence-corrected chi connectivity index (χ4v) is 2.87. The maximum absolute atomic E-state index is 5.47. The van der Waals surface area contributed by atoms with Gasteiger partial charge >= 0.3 is 0 Å². The van der Waals surface area contributed by atoms with Gasteiger partial charge < -0.3 is 27.4 Å². The van der Waals surface area contributed by atoms with Crippen LogP contribution in [0.25, 0.3) is 0 Å². The van der Waals surface area contributed by atoms with Crippen molar-refractivity contribution < 1.29 is 0 Å². The second kappa shape index (κ2) is 23.8. The summed E-state index contributed by atoms with van der Waals surface area (Å²) in [4.78, 5) is 0. The van der Waals surface area contributed by atoms with Crippen molar-refractivity contribution >= 4 is 0 Å². The van der Waals surface area contributed by atoms with E-state index in [1.54, 1.807) is 0 Å². The van der Waals surface area contributed by atoms with E-state index in [0.717, 1.165) is 39.0 Å². The lowest BCUT2D eigenvalue weighted by Gasteiger charge is -2.06. The third-order valence-electron chi connectivity index (χ3n) is 4.53. The van der Waals surface area contributed by atoms with Crippen LogP contribution in [0.4, 0.5) is 0 Å². The van der Waals surface area contributed by atoms with Gasteiger partial charge in [-0.2, -0.15) is 0 Å². The summed E-state index contributed by atoms with van der Waals surface area (Å²) >= 11 is 0. The molecule has 0 unspecified atom stereocenters. The highest BCUT2D eigenvalue weighted by Crippen LogP contribution is 2.00. The van der Waals surface area contributed by atoms with Gasteiger partial charge in [0.1, 0.15) is 0 Å². The summed E-state index contributed by atoms with van der Waals surface area (Å²) in [7, 11) is 0. The molecule has 0 aromatic rings. The molecule has 0 radical (unpaired) electrons. The van der Waals surface area contributed by atoms with Gasteiger partial charge in [0.05, 0.1) is 0 Å². The lowest BCUT2D eigenvalue weighted by Crippen LogP contribution is -2.18. The molecule has 0 aliphatic carbocycles. The van der Waals surface area contributed by atoms with E-state index in [9.17, 15) is 0 Å². The quantitative estimate of drug-likeness (QED) is 0.192. The van der Waals surface area contributed by atoms with Crippen molar-refractivity contribution in [2.75, 3.05) is 52.4 Å². The van der Waals surface area contributed by atoms with Crippen LogP contribution in [0.5, 0.6) is 0 Å². The Morgan fingerprint density at radius 3 is 0.800 bits per heavy atom. The van der Waals surface area contributed by atoms with Gasteiger partial charge in [0.2, 0.25) is 0 Å². The first-order chi connectivity index (χ1) is 12.4.